The van der Waals surface area contributed by atoms with Gasteiger partial charge in [-0.2, -0.15) is 4.31 Å². The Morgan fingerprint density at radius 2 is 1.79 bits per heavy atom. The fourth-order valence-corrected chi connectivity index (χ4v) is 4.43. The SMILES string of the molecule is CC(OC(=O)c1ccc(S(=O)(=O)N2CCCC2)cc1)C(=O)Nc1ccc(Cl)cn1. The molecule has 3 rings (SSSR count). The van der Waals surface area contributed by atoms with Gasteiger partial charge >= 0.3 is 5.97 Å². The summed E-state index contributed by atoms with van der Waals surface area (Å²) in [6, 6.07) is 8.57. The fourth-order valence-electron chi connectivity index (χ4n) is 2.80. The third-order valence-electron chi connectivity index (χ3n) is 4.42. The van der Waals surface area contributed by atoms with Gasteiger partial charge in [0.2, 0.25) is 10.0 Å². The zero-order valence-corrected chi connectivity index (χ0v) is 17.2. The highest BCUT2D eigenvalue weighted by molar-refractivity contribution is 7.89. The molecule has 2 aromatic rings. The molecular formula is C19H20ClN3O5S. The van der Waals surface area contributed by atoms with Gasteiger partial charge in [0.15, 0.2) is 6.10 Å². The molecule has 0 saturated carbocycles. The zero-order valence-electron chi connectivity index (χ0n) is 15.7. The number of nitrogens with zero attached hydrogens (tertiary/aromatic N) is 2. The summed E-state index contributed by atoms with van der Waals surface area (Å²) in [7, 11) is -3.55. The Kier molecular flexibility index (Phi) is 6.51. The lowest BCUT2D eigenvalue weighted by molar-refractivity contribution is -0.123. The monoisotopic (exact) mass is 437 g/mol. The molecule has 8 nitrogen and oxygen atoms in total. The lowest BCUT2D eigenvalue weighted by Gasteiger charge is -2.16. The Morgan fingerprint density at radius 3 is 2.38 bits per heavy atom. The molecular weight excluding hydrogens is 418 g/mol. The molecule has 29 heavy (non-hydrogen) atoms. The summed E-state index contributed by atoms with van der Waals surface area (Å²) in [5.74, 6) is -1.01. The summed E-state index contributed by atoms with van der Waals surface area (Å²) in [6.45, 7) is 2.43. The van der Waals surface area contributed by atoms with E-state index in [1.165, 1.54) is 47.8 Å². The van der Waals surface area contributed by atoms with E-state index in [1.807, 2.05) is 0 Å². The van der Waals surface area contributed by atoms with Crippen molar-refractivity contribution < 1.29 is 22.7 Å². The molecule has 0 radical (unpaired) electrons. The number of rotatable bonds is 6. The number of hydrogen-bond donors (Lipinski definition) is 1. The normalized spacial score (nSPS) is 15.7. The molecule has 1 aromatic carbocycles. The number of esters is 1. The minimum atomic E-state index is -3.55. The molecule has 1 aliphatic heterocycles. The van der Waals surface area contributed by atoms with Crippen molar-refractivity contribution in [1.29, 1.82) is 0 Å². The molecule has 10 heteroatoms. The van der Waals surface area contributed by atoms with Crippen LogP contribution in [0.3, 0.4) is 0 Å². The first-order valence-electron chi connectivity index (χ1n) is 9.01. The average Bonchev–Trinajstić information content (AvgIpc) is 3.25. The van der Waals surface area contributed by atoms with E-state index in [9.17, 15) is 18.0 Å². The molecule has 1 N–H and O–H groups in total. The van der Waals surface area contributed by atoms with Crippen LogP contribution in [0.25, 0.3) is 0 Å². The lowest BCUT2D eigenvalue weighted by atomic mass is 10.2. The number of benzene rings is 1. The third kappa shape index (κ3) is 5.11. The van der Waals surface area contributed by atoms with Crippen LogP contribution in [0.5, 0.6) is 0 Å². The quantitative estimate of drug-likeness (QED) is 0.696. The maximum absolute atomic E-state index is 12.5. The number of halogens is 1. The second kappa shape index (κ2) is 8.89. The van der Waals surface area contributed by atoms with Crippen LogP contribution in [0.2, 0.25) is 5.02 Å². The Balaban J connectivity index is 1.61. The van der Waals surface area contributed by atoms with Gasteiger partial charge in [-0.05, 0) is 56.2 Å². The van der Waals surface area contributed by atoms with Gasteiger partial charge in [0, 0.05) is 19.3 Å². The molecule has 1 atom stereocenters. The highest BCUT2D eigenvalue weighted by Gasteiger charge is 2.27. The Hall–Kier alpha value is -2.49. The molecule has 1 aliphatic rings. The van der Waals surface area contributed by atoms with Crippen LogP contribution in [0.4, 0.5) is 5.82 Å². The second-order valence-corrected chi connectivity index (χ2v) is 8.91. The molecule has 1 amide bonds. The smallest absolute Gasteiger partial charge is 0.338 e. The van der Waals surface area contributed by atoms with Crippen molar-refractivity contribution >= 4 is 39.3 Å². The third-order valence-corrected chi connectivity index (χ3v) is 6.56. The van der Waals surface area contributed by atoms with Gasteiger partial charge < -0.3 is 10.1 Å². The van der Waals surface area contributed by atoms with Gasteiger partial charge in [0.25, 0.3) is 5.91 Å². The molecule has 1 unspecified atom stereocenters. The fraction of sp³-hybridized carbons (Fsp3) is 0.316. The number of carbonyl (C=O) groups is 2. The van der Waals surface area contributed by atoms with Crippen molar-refractivity contribution in [3.05, 3.63) is 53.2 Å². The van der Waals surface area contributed by atoms with E-state index in [4.69, 9.17) is 16.3 Å². The first-order chi connectivity index (χ1) is 13.8. The van der Waals surface area contributed by atoms with Gasteiger partial charge in [-0.15, -0.1) is 0 Å². The number of sulfonamides is 1. The summed E-state index contributed by atoms with van der Waals surface area (Å²) < 4.78 is 31.6. The van der Waals surface area contributed by atoms with Gasteiger partial charge in [-0.3, -0.25) is 4.79 Å². The number of nitrogens with one attached hydrogen (secondary N) is 1. The molecule has 0 bridgehead atoms. The van der Waals surface area contributed by atoms with E-state index in [-0.39, 0.29) is 16.3 Å². The Labute approximate surface area is 173 Å². The van der Waals surface area contributed by atoms with E-state index in [1.54, 1.807) is 6.07 Å². The number of carbonyl (C=O) groups excluding carboxylic acids is 2. The number of anilines is 1. The number of ether oxygens (including phenoxy) is 1. The van der Waals surface area contributed by atoms with Gasteiger partial charge in [0.05, 0.1) is 15.5 Å². The summed E-state index contributed by atoms with van der Waals surface area (Å²) in [5.41, 5.74) is 0.148. The molecule has 0 spiro atoms. The van der Waals surface area contributed by atoms with E-state index >= 15 is 0 Å². The van der Waals surface area contributed by atoms with Crippen molar-refractivity contribution in [3.8, 4) is 0 Å². The first kappa shape index (κ1) is 21.2. The molecule has 154 valence electrons. The summed E-state index contributed by atoms with van der Waals surface area (Å²) in [5, 5.41) is 2.94. The molecule has 0 aliphatic carbocycles. The highest BCUT2D eigenvalue weighted by atomic mass is 35.5. The van der Waals surface area contributed by atoms with Gasteiger partial charge in [0.1, 0.15) is 5.82 Å². The molecule has 2 heterocycles. The summed E-state index contributed by atoms with van der Waals surface area (Å²) >= 11 is 5.74. The Bertz CT molecular complexity index is 988. The number of pyridine rings is 1. The highest BCUT2D eigenvalue weighted by Crippen LogP contribution is 2.21. The summed E-state index contributed by atoms with van der Waals surface area (Å²) in [4.78, 5) is 28.5. The topological polar surface area (TPSA) is 106 Å². The second-order valence-electron chi connectivity index (χ2n) is 6.53. The van der Waals surface area contributed by atoms with Gasteiger partial charge in [-0.1, -0.05) is 11.6 Å². The molecule has 1 saturated heterocycles. The average molecular weight is 438 g/mol. The first-order valence-corrected chi connectivity index (χ1v) is 10.8. The van der Waals surface area contributed by atoms with E-state index in [0.29, 0.717) is 18.1 Å². The zero-order chi connectivity index (χ0) is 21.0. The van der Waals surface area contributed by atoms with E-state index < -0.39 is 28.0 Å². The van der Waals surface area contributed by atoms with Crippen LogP contribution in [0.1, 0.15) is 30.1 Å². The molecule has 1 aromatic heterocycles. The minimum Gasteiger partial charge on any atom is -0.449 e. The maximum atomic E-state index is 12.5. The van der Waals surface area contributed by atoms with Crippen LogP contribution in [-0.2, 0) is 19.6 Å². The van der Waals surface area contributed by atoms with Crippen molar-refractivity contribution in [2.24, 2.45) is 0 Å². The largest absolute Gasteiger partial charge is 0.449 e. The van der Waals surface area contributed by atoms with Crippen LogP contribution in [0, 0.1) is 0 Å². The minimum absolute atomic E-state index is 0.121. The summed E-state index contributed by atoms with van der Waals surface area (Å²) in [6.07, 6.45) is 1.99. The lowest BCUT2D eigenvalue weighted by Crippen LogP contribution is -2.30. The van der Waals surface area contributed by atoms with Crippen LogP contribution in [-0.4, -0.2) is 48.8 Å². The predicted octanol–water partition coefficient (Wildman–Crippen LogP) is 2.70. The number of hydrogen-bond acceptors (Lipinski definition) is 6. The molecule has 1 fully saturated rings. The van der Waals surface area contributed by atoms with Crippen molar-refractivity contribution in [2.45, 2.75) is 30.8 Å². The van der Waals surface area contributed by atoms with Crippen molar-refractivity contribution in [1.82, 2.24) is 9.29 Å². The van der Waals surface area contributed by atoms with Crippen LogP contribution >= 0.6 is 11.6 Å². The van der Waals surface area contributed by atoms with Crippen LogP contribution < -0.4 is 5.32 Å². The number of aromatic nitrogens is 1. The number of amides is 1. The Morgan fingerprint density at radius 1 is 1.14 bits per heavy atom. The standard InChI is InChI=1S/C19H20ClN3O5S/c1-13(18(24)22-17-9-6-15(20)12-21-17)28-19(25)14-4-7-16(8-5-14)29(26,27)23-10-2-3-11-23/h4-9,12-13H,2-3,10-11H2,1H3,(H,21,22,24). The maximum Gasteiger partial charge on any atom is 0.338 e. The van der Waals surface area contributed by atoms with Gasteiger partial charge in [-0.25, -0.2) is 18.2 Å². The van der Waals surface area contributed by atoms with Crippen molar-refractivity contribution in [3.63, 3.8) is 0 Å². The van der Waals surface area contributed by atoms with Crippen molar-refractivity contribution in [2.75, 3.05) is 18.4 Å². The van der Waals surface area contributed by atoms with E-state index in [2.05, 4.69) is 10.3 Å². The van der Waals surface area contributed by atoms with E-state index in [0.717, 1.165) is 12.8 Å². The predicted molar refractivity (Wildman–Crippen MR) is 107 cm³/mol. The van der Waals surface area contributed by atoms with Crippen LogP contribution in [0.15, 0.2) is 47.5 Å².